The van der Waals surface area contributed by atoms with E-state index >= 15 is 0 Å². The van der Waals surface area contributed by atoms with Crippen molar-refractivity contribution in [3.05, 3.63) is 35.4 Å². The fourth-order valence-corrected chi connectivity index (χ4v) is 2.36. The van der Waals surface area contributed by atoms with Crippen LogP contribution in [0.2, 0.25) is 0 Å². The molecule has 1 aromatic rings. The maximum atomic E-state index is 2.48. The molecule has 1 aliphatic heterocycles. The van der Waals surface area contributed by atoms with Gasteiger partial charge in [0.1, 0.15) is 0 Å². The van der Waals surface area contributed by atoms with Crippen molar-refractivity contribution in [2.75, 3.05) is 0 Å². The first-order valence-corrected chi connectivity index (χ1v) is 6.19. The molecule has 0 saturated carbocycles. The van der Waals surface area contributed by atoms with Crippen LogP contribution in [0.3, 0.4) is 0 Å². The Morgan fingerprint density at radius 3 is 1.50 bits per heavy atom. The third kappa shape index (κ3) is 2.13. The fourth-order valence-electron chi connectivity index (χ4n) is 2.36. The van der Waals surface area contributed by atoms with Gasteiger partial charge in [0.05, 0.1) is 0 Å². The number of benzene rings is 1. The lowest BCUT2D eigenvalue weighted by Crippen LogP contribution is -2.51. The lowest BCUT2D eigenvalue weighted by Gasteiger charge is -2.44. The summed E-state index contributed by atoms with van der Waals surface area (Å²) in [6.07, 6.45) is 0. The lowest BCUT2D eigenvalue weighted by atomic mass is 10.0. The molecule has 0 fully saturated rings. The molecule has 0 aliphatic carbocycles. The summed E-state index contributed by atoms with van der Waals surface area (Å²) in [7, 11) is 0. The zero-order valence-corrected chi connectivity index (χ0v) is 10.8. The van der Waals surface area contributed by atoms with Gasteiger partial charge >= 0.3 is 0 Å². The molecule has 2 nitrogen and oxygen atoms in total. The Kier molecular flexibility index (Phi) is 3.31. The molecule has 1 heterocycles. The van der Waals surface area contributed by atoms with Crippen LogP contribution in [0.5, 0.6) is 0 Å². The predicted octanol–water partition coefficient (Wildman–Crippen LogP) is 3.04. The summed E-state index contributed by atoms with van der Waals surface area (Å²) >= 11 is 0. The van der Waals surface area contributed by atoms with Gasteiger partial charge < -0.3 is 0 Å². The summed E-state index contributed by atoms with van der Waals surface area (Å²) in [6.45, 7) is 11.2. The molecule has 1 aliphatic rings. The molecule has 1 aromatic carbocycles. The van der Waals surface area contributed by atoms with E-state index in [0.29, 0.717) is 12.1 Å². The lowest BCUT2D eigenvalue weighted by molar-refractivity contribution is -0.0989. The summed E-state index contributed by atoms with van der Waals surface area (Å²) in [5, 5.41) is 4.96. The fraction of sp³-hybridized carbons (Fsp3) is 0.571. The van der Waals surface area contributed by atoms with Crippen molar-refractivity contribution in [1.82, 2.24) is 10.0 Å². The Morgan fingerprint density at radius 1 is 0.812 bits per heavy atom. The van der Waals surface area contributed by atoms with Gasteiger partial charge in [0.2, 0.25) is 0 Å². The van der Waals surface area contributed by atoms with Crippen LogP contribution < -0.4 is 0 Å². The first-order chi connectivity index (χ1) is 7.59. The minimum atomic E-state index is 0.566. The average molecular weight is 218 g/mol. The largest absolute Gasteiger partial charge is 0.234 e. The average Bonchev–Trinajstić information content (AvgIpc) is 2.27. The van der Waals surface area contributed by atoms with Gasteiger partial charge in [-0.1, -0.05) is 24.3 Å². The van der Waals surface area contributed by atoms with Crippen molar-refractivity contribution in [3.8, 4) is 0 Å². The number of rotatable bonds is 2. The van der Waals surface area contributed by atoms with Gasteiger partial charge in [0.15, 0.2) is 0 Å². The summed E-state index contributed by atoms with van der Waals surface area (Å²) in [5.41, 5.74) is 2.96. The van der Waals surface area contributed by atoms with E-state index in [0.717, 1.165) is 13.1 Å². The van der Waals surface area contributed by atoms with Crippen LogP contribution in [0.25, 0.3) is 0 Å². The van der Waals surface area contributed by atoms with E-state index < -0.39 is 0 Å². The Hall–Kier alpha value is -0.860. The Labute approximate surface area is 98.8 Å². The molecule has 0 spiro atoms. The van der Waals surface area contributed by atoms with E-state index in [-0.39, 0.29) is 0 Å². The number of hydrazine groups is 1. The van der Waals surface area contributed by atoms with Crippen LogP contribution in [-0.4, -0.2) is 22.1 Å². The van der Waals surface area contributed by atoms with E-state index in [1.165, 1.54) is 11.1 Å². The van der Waals surface area contributed by atoms with Gasteiger partial charge in [0.25, 0.3) is 0 Å². The molecule has 0 amide bonds. The molecule has 0 saturated heterocycles. The number of hydrogen-bond donors (Lipinski definition) is 0. The van der Waals surface area contributed by atoms with Gasteiger partial charge in [-0.3, -0.25) is 0 Å². The number of nitrogens with zero attached hydrogens (tertiary/aromatic N) is 2. The molecule has 0 unspecified atom stereocenters. The molecule has 16 heavy (non-hydrogen) atoms. The second kappa shape index (κ2) is 4.56. The van der Waals surface area contributed by atoms with Gasteiger partial charge in [-0.05, 0) is 38.8 Å². The van der Waals surface area contributed by atoms with Crippen molar-refractivity contribution in [3.63, 3.8) is 0 Å². The quantitative estimate of drug-likeness (QED) is 0.753. The van der Waals surface area contributed by atoms with Gasteiger partial charge in [0, 0.05) is 25.2 Å². The maximum Gasteiger partial charge on any atom is 0.0390 e. The molecule has 0 radical (unpaired) electrons. The Morgan fingerprint density at radius 2 is 1.19 bits per heavy atom. The highest BCUT2D eigenvalue weighted by Gasteiger charge is 2.27. The van der Waals surface area contributed by atoms with E-state index in [4.69, 9.17) is 0 Å². The standard InChI is InChI=1S/C14H22N2/c1-11(2)15-9-13-7-5-6-8-14(13)10-16(15)12(3)4/h5-8,11-12H,9-10H2,1-4H3. The first kappa shape index (κ1) is 11.6. The second-order valence-corrected chi connectivity index (χ2v) is 5.15. The predicted molar refractivity (Wildman–Crippen MR) is 67.8 cm³/mol. The molecule has 88 valence electrons. The molecule has 2 rings (SSSR count). The monoisotopic (exact) mass is 218 g/mol. The third-order valence-electron chi connectivity index (χ3n) is 3.31. The second-order valence-electron chi connectivity index (χ2n) is 5.15. The van der Waals surface area contributed by atoms with E-state index in [1.807, 2.05) is 0 Å². The molecule has 0 aromatic heterocycles. The Balaban J connectivity index is 2.29. The van der Waals surface area contributed by atoms with Crippen molar-refractivity contribution >= 4 is 0 Å². The third-order valence-corrected chi connectivity index (χ3v) is 3.31. The highest BCUT2D eigenvalue weighted by atomic mass is 15.6. The molecule has 2 heteroatoms. The maximum absolute atomic E-state index is 2.48. The van der Waals surface area contributed by atoms with Crippen molar-refractivity contribution < 1.29 is 0 Å². The SMILES string of the molecule is CC(C)N1Cc2ccccc2CN1C(C)C. The minimum Gasteiger partial charge on any atom is -0.234 e. The van der Waals surface area contributed by atoms with E-state index in [1.54, 1.807) is 0 Å². The highest BCUT2D eigenvalue weighted by molar-refractivity contribution is 5.28. The minimum absolute atomic E-state index is 0.566. The summed E-state index contributed by atoms with van der Waals surface area (Å²) in [4.78, 5) is 0. The smallest absolute Gasteiger partial charge is 0.0390 e. The van der Waals surface area contributed by atoms with Crippen LogP contribution >= 0.6 is 0 Å². The van der Waals surface area contributed by atoms with Gasteiger partial charge in [-0.2, -0.15) is 0 Å². The summed E-state index contributed by atoms with van der Waals surface area (Å²) in [6, 6.07) is 9.92. The van der Waals surface area contributed by atoms with Gasteiger partial charge in [-0.25, -0.2) is 10.0 Å². The zero-order valence-electron chi connectivity index (χ0n) is 10.8. The molecule has 0 N–H and O–H groups in total. The molecular formula is C14H22N2. The zero-order chi connectivity index (χ0) is 11.7. The van der Waals surface area contributed by atoms with Crippen LogP contribution in [0.15, 0.2) is 24.3 Å². The van der Waals surface area contributed by atoms with Crippen LogP contribution in [0.4, 0.5) is 0 Å². The number of hydrogen-bond acceptors (Lipinski definition) is 2. The first-order valence-electron chi connectivity index (χ1n) is 6.19. The normalized spacial score (nSPS) is 18.1. The molecular weight excluding hydrogens is 196 g/mol. The number of fused-ring (bicyclic) bond motifs is 1. The summed E-state index contributed by atoms with van der Waals surface area (Å²) in [5.74, 6) is 0. The topological polar surface area (TPSA) is 6.48 Å². The van der Waals surface area contributed by atoms with Crippen LogP contribution in [0, 0.1) is 0 Å². The highest BCUT2D eigenvalue weighted by Crippen LogP contribution is 2.25. The van der Waals surface area contributed by atoms with Crippen LogP contribution in [0.1, 0.15) is 38.8 Å². The Bertz CT molecular complexity index is 323. The molecule has 0 atom stereocenters. The van der Waals surface area contributed by atoms with Crippen LogP contribution in [-0.2, 0) is 13.1 Å². The van der Waals surface area contributed by atoms with Crippen molar-refractivity contribution in [1.29, 1.82) is 0 Å². The summed E-state index contributed by atoms with van der Waals surface area (Å²) < 4.78 is 0. The van der Waals surface area contributed by atoms with E-state index in [2.05, 4.69) is 62.0 Å². The van der Waals surface area contributed by atoms with E-state index in [9.17, 15) is 0 Å². The molecule has 0 bridgehead atoms. The van der Waals surface area contributed by atoms with Crippen molar-refractivity contribution in [2.45, 2.75) is 52.9 Å². The van der Waals surface area contributed by atoms with Crippen molar-refractivity contribution in [2.24, 2.45) is 0 Å². The van der Waals surface area contributed by atoms with Gasteiger partial charge in [-0.15, -0.1) is 0 Å².